The molecule has 0 fully saturated rings. The van der Waals surface area contributed by atoms with E-state index in [-0.39, 0.29) is 24.5 Å². The van der Waals surface area contributed by atoms with Gasteiger partial charge < -0.3 is 14.8 Å². The van der Waals surface area contributed by atoms with Gasteiger partial charge in [-0.15, -0.1) is 11.3 Å². The fraction of sp³-hybridized carbons (Fsp3) is 0.500. The number of thiophene rings is 1. The number of ether oxygens (including phenoxy) is 2. The van der Waals surface area contributed by atoms with Crippen molar-refractivity contribution in [3.8, 4) is 0 Å². The molecule has 2 heterocycles. The van der Waals surface area contributed by atoms with Crippen LogP contribution in [-0.2, 0) is 36.7 Å². The average molecular weight is 407 g/mol. The summed E-state index contributed by atoms with van der Waals surface area (Å²) in [6, 6.07) is 0. The zero-order chi connectivity index (χ0) is 20.1. The molecule has 3 rings (SSSR count). The number of anilines is 1. The van der Waals surface area contributed by atoms with Gasteiger partial charge in [-0.25, -0.2) is 15.0 Å². The fourth-order valence-electron chi connectivity index (χ4n) is 3.15. The number of carbonyl (C=O) groups excluding carboxylic acids is 4. The van der Waals surface area contributed by atoms with Crippen LogP contribution in [0.3, 0.4) is 0 Å². The highest BCUT2D eigenvalue weighted by molar-refractivity contribution is 7.17. The van der Waals surface area contributed by atoms with Gasteiger partial charge in [-0.1, -0.05) is 6.42 Å². The van der Waals surface area contributed by atoms with Gasteiger partial charge in [0, 0.05) is 17.7 Å². The summed E-state index contributed by atoms with van der Waals surface area (Å²) in [6.07, 6.45) is 5.06. The second-order valence-corrected chi connectivity index (χ2v) is 7.58. The van der Waals surface area contributed by atoms with Crippen LogP contribution in [0.5, 0.6) is 0 Å². The monoisotopic (exact) mass is 407 g/mol. The lowest BCUT2D eigenvalue weighted by Crippen LogP contribution is -2.32. The van der Waals surface area contributed by atoms with Crippen LogP contribution in [0.15, 0.2) is 5.10 Å². The first kappa shape index (κ1) is 20.0. The molecule has 0 atom stereocenters. The summed E-state index contributed by atoms with van der Waals surface area (Å²) in [4.78, 5) is 48.6. The van der Waals surface area contributed by atoms with Gasteiger partial charge in [-0.3, -0.25) is 9.59 Å². The van der Waals surface area contributed by atoms with Gasteiger partial charge in [0.2, 0.25) is 5.91 Å². The van der Waals surface area contributed by atoms with Crippen LogP contribution in [0.25, 0.3) is 0 Å². The van der Waals surface area contributed by atoms with Crippen LogP contribution in [0.1, 0.15) is 52.9 Å². The van der Waals surface area contributed by atoms with Gasteiger partial charge in [0.15, 0.2) is 6.61 Å². The number of methoxy groups -OCH3 is 1. The van der Waals surface area contributed by atoms with Crippen molar-refractivity contribution >= 4 is 45.8 Å². The third-order valence-electron chi connectivity index (χ3n) is 4.54. The zero-order valence-electron chi connectivity index (χ0n) is 15.5. The Morgan fingerprint density at radius 2 is 1.89 bits per heavy atom. The van der Waals surface area contributed by atoms with Crippen LogP contribution < -0.4 is 10.7 Å². The molecule has 150 valence electrons. The molecule has 1 aromatic rings. The van der Waals surface area contributed by atoms with Crippen molar-refractivity contribution in [1.29, 1.82) is 0 Å². The Labute approximate surface area is 165 Å². The molecule has 0 aromatic carbocycles. The van der Waals surface area contributed by atoms with Gasteiger partial charge in [0.05, 0.1) is 12.7 Å². The molecule has 0 unspecified atom stereocenters. The van der Waals surface area contributed by atoms with Crippen molar-refractivity contribution in [2.24, 2.45) is 5.10 Å². The van der Waals surface area contributed by atoms with E-state index in [4.69, 9.17) is 9.47 Å². The summed E-state index contributed by atoms with van der Waals surface area (Å²) >= 11 is 1.37. The number of carbonyl (C=O) groups is 4. The van der Waals surface area contributed by atoms with Crippen LogP contribution in [0.2, 0.25) is 0 Å². The number of esters is 2. The maximum atomic E-state index is 12.3. The van der Waals surface area contributed by atoms with E-state index in [2.05, 4.69) is 15.8 Å². The van der Waals surface area contributed by atoms with Crippen LogP contribution in [-0.4, -0.2) is 43.2 Å². The van der Waals surface area contributed by atoms with Crippen molar-refractivity contribution in [2.45, 2.75) is 44.9 Å². The number of hydrogen-bond donors (Lipinski definition) is 2. The lowest BCUT2D eigenvalue weighted by atomic mass is 10.1. The molecule has 2 N–H and O–H groups in total. The molecule has 0 saturated heterocycles. The molecule has 9 nitrogen and oxygen atoms in total. The Morgan fingerprint density at radius 3 is 2.61 bits per heavy atom. The summed E-state index contributed by atoms with van der Waals surface area (Å²) in [5, 5.41) is 6.70. The SMILES string of the molecule is COC(=O)c1c(NC(=O)COC(=O)C2=NNC(=O)CC2)sc2c1CCCCC2. The standard InChI is InChI=1S/C18H21N3O6S/c1-26-18(25)15-10-5-3-2-4-6-12(10)28-16(15)19-14(23)9-27-17(24)11-7-8-13(22)21-20-11/h2-9H2,1H3,(H,19,23)(H,21,22). The predicted molar refractivity (Wildman–Crippen MR) is 101 cm³/mol. The Balaban J connectivity index is 1.66. The summed E-state index contributed by atoms with van der Waals surface area (Å²) in [5.41, 5.74) is 3.59. The van der Waals surface area contributed by atoms with E-state index in [0.717, 1.165) is 42.5 Å². The molecule has 1 aliphatic heterocycles. The van der Waals surface area contributed by atoms with Gasteiger partial charge in [0.1, 0.15) is 10.7 Å². The highest BCUT2D eigenvalue weighted by Crippen LogP contribution is 2.37. The second-order valence-electron chi connectivity index (χ2n) is 6.48. The molecule has 0 saturated carbocycles. The van der Waals surface area contributed by atoms with E-state index < -0.39 is 24.5 Å². The van der Waals surface area contributed by atoms with E-state index in [1.807, 2.05) is 0 Å². The Morgan fingerprint density at radius 1 is 1.11 bits per heavy atom. The molecule has 0 radical (unpaired) electrons. The number of nitrogens with zero attached hydrogens (tertiary/aromatic N) is 1. The fourth-order valence-corrected chi connectivity index (χ4v) is 4.44. The van der Waals surface area contributed by atoms with E-state index in [0.29, 0.717) is 10.6 Å². The quantitative estimate of drug-likeness (QED) is 0.564. The van der Waals surface area contributed by atoms with Crippen LogP contribution in [0.4, 0.5) is 5.00 Å². The minimum absolute atomic E-state index is 0.0606. The Kier molecular flexibility index (Phi) is 6.40. The first-order chi connectivity index (χ1) is 13.5. The number of amides is 2. The predicted octanol–water partition coefficient (Wildman–Crippen LogP) is 1.55. The van der Waals surface area contributed by atoms with Gasteiger partial charge in [-0.05, 0) is 31.2 Å². The lowest BCUT2D eigenvalue weighted by Gasteiger charge is -2.11. The van der Waals surface area contributed by atoms with E-state index >= 15 is 0 Å². The first-order valence-corrected chi connectivity index (χ1v) is 9.86. The third-order valence-corrected chi connectivity index (χ3v) is 5.75. The smallest absolute Gasteiger partial charge is 0.355 e. The second kappa shape index (κ2) is 8.96. The molecule has 10 heteroatoms. The van der Waals surface area contributed by atoms with Crippen LogP contribution in [0, 0.1) is 0 Å². The number of nitrogens with one attached hydrogen (secondary N) is 2. The number of fused-ring (bicyclic) bond motifs is 1. The topological polar surface area (TPSA) is 123 Å². The number of hydrogen-bond acceptors (Lipinski definition) is 8. The molecular formula is C18H21N3O6S. The van der Waals surface area contributed by atoms with Crippen LogP contribution >= 0.6 is 11.3 Å². The van der Waals surface area contributed by atoms with Gasteiger partial charge in [-0.2, -0.15) is 5.10 Å². The van der Waals surface area contributed by atoms with Gasteiger partial charge >= 0.3 is 11.9 Å². The zero-order valence-corrected chi connectivity index (χ0v) is 16.3. The summed E-state index contributed by atoms with van der Waals surface area (Å²) in [5.74, 6) is -2.08. The largest absolute Gasteiger partial charge is 0.465 e. The summed E-state index contributed by atoms with van der Waals surface area (Å²) in [6.45, 7) is -0.519. The van der Waals surface area contributed by atoms with Crippen molar-refractivity contribution in [3.05, 3.63) is 16.0 Å². The molecule has 0 spiro atoms. The minimum Gasteiger partial charge on any atom is -0.465 e. The number of hydrazone groups is 1. The highest BCUT2D eigenvalue weighted by atomic mass is 32.1. The normalized spacial score (nSPS) is 16.2. The van der Waals surface area contributed by atoms with Gasteiger partial charge in [0.25, 0.3) is 5.91 Å². The molecule has 2 amide bonds. The molecule has 1 aliphatic carbocycles. The lowest BCUT2D eigenvalue weighted by molar-refractivity contribution is -0.140. The Hall–Kier alpha value is -2.75. The maximum Gasteiger partial charge on any atom is 0.355 e. The first-order valence-electron chi connectivity index (χ1n) is 9.04. The maximum absolute atomic E-state index is 12.3. The molecular weight excluding hydrogens is 386 g/mol. The van der Waals surface area contributed by atoms with E-state index in [1.54, 1.807) is 0 Å². The van der Waals surface area contributed by atoms with Crippen molar-refractivity contribution in [1.82, 2.24) is 5.43 Å². The third kappa shape index (κ3) is 4.56. The summed E-state index contributed by atoms with van der Waals surface area (Å²) in [7, 11) is 1.31. The minimum atomic E-state index is -0.759. The molecule has 2 aliphatic rings. The molecule has 1 aromatic heterocycles. The molecule has 0 bridgehead atoms. The van der Waals surface area contributed by atoms with E-state index in [9.17, 15) is 19.2 Å². The number of rotatable bonds is 5. The van der Waals surface area contributed by atoms with Crippen molar-refractivity contribution < 1.29 is 28.7 Å². The van der Waals surface area contributed by atoms with Crippen molar-refractivity contribution in [2.75, 3.05) is 19.0 Å². The molecule has 28 heavy (non-hydrogen) atoms. The highest BCUT2D eigenvalue weighted by Gasteiger charge is 2.27. The summed E-state index contributed by atoms with van der Waals surface area (Å²) < 4.78 is 9.85. The Bertz CT molecular complexity index is 845. The average Bonchev–Trinajstić information content (AvgIpc) is 2.86. The van der Waals surface area contributed by atoms with Crippen molar-refractivity contribution in [3.63, 3.8) is 0 Å². The van der Waals surface area contributed by atoms with E-state index in [1.165, 1.54) is 18.4 Å². The number of aryl methyl sites for hydroxylation is 1.